The van der Waals surface area contributed by atoms with Crippen LogP contribution in [0.1, 0.15) is 10.5 Å². The Morgan fingerprint density at radius 1 is 1.14 bits per heavy atom. The van der Waals surface area contributed by atoms with E-state index < -0.39 is 11.9 Å². The number of nitrogens with zero attached hydrogens (tertiary/aromatic N) is 2. The molecule has 2 aromatic heterocycles. The molecule has 0 aliphatic heterocycles. The molecule has 1 amide bonds. The number of aliphatic carboxylic acids is 1. The van der Waals surface area contributed by atoms with Gasteiger partial charge in [0.1, 0.15) is 12.2 Å². The van der Waals surface area contributed by atoms with E-state index in [9.17, 15) is 14.7 Å². The third-order valence-electron chi connectivity index (χ3n) is 4.21. The number of rotatable bonds is 5. The summed E-state index contributed by atoms with van der Waals surface area (Å²) in [5.74, 6) is -1.44. The highest BCUT2D eigenvalue weighted by molar-refractivity contribution is 7.14. The molecule has 0 radical (unpaired) electrons. The van der Waals surface area contributed by atoms with E-state index in [4.69, 9.17) is 11.6 Å². The second-order valence-corrected chi connectivity index (χ2v) is 7.31. The average molecular weight is 430 g/mol. The number of nitrogens with one attached hydrogen (secondary N) is 1. The Bertz CT molecular complexity index is 1200. The molecule has 2 aromatic carbocycles. The van der Waals surface area contributed by atoms with E-state index in [0.29, 0.717) is 21.4 Å². The number of carbonyl (C=O) groups is 2. The zero-order valence-corrected chi connectivity index (χ0v) is 16.5. The quantitative estimate of drug-likeness (QED) is 0.500. The van der Waals surface area contributed by atoms with Gasteiger partial charge >= 0.3 is 5.97 Å². The van der Waals surface area contributed by atoms with Gasteiger partial charge in [0.25, 0.3) is 5.91 Å². The van der Waals surface area contributed by atoms with Gasteiger partial charge in [-0.25, -0.2) is 4.98 Å². The second-order valence-electron chi connectivity index (χ2n) is 6.04. The lowest BCUT2D eigenvalue weighted by atomic mass is 10.2. The summed E-state index contributed by atoms with van der Waals surface area (Å²) in [6.45, 7) is -0.307. The van der Waals surface area contributed by atoms with Gasteiger partial charge in [0.05, 0.1) is 5.69 Å². The molecule has 4 aromatic rings. The zero-order chi connectivity index (χ0) is 19.7. The Morgan fingerprint density at radius 2 is 1.86 bits per heavy atom. The van der Waals surface area contributed by atoms with Gasteiger partial charge < -0.3 is 15.1 Å². The first-order chi connectivity index (χ1) is 13.5. The van der Waals surface area contributed by atoms with Crippen LogP contribution in [-0.4, -0.2) is 32.0 Å². The number of carboxylic acid groups (broad SMARTS) is 1. The number of para-hydroxylation sites is 1. The number of carboxylic acids is 1. The normalized spacial score (nSPS) is 10.5. The van der Waals surface area contributed by atoms with Crippen molar-refractivity contribution in [3.8, 4) is 11.3 Å². The third kappa shape index (κ3) is 4.14. The SMILES string of the molecule is O.O=C(O)Cn1c(C(=O)Nc2nc(-c3ccccc3Cl)cs2)cc2ccccc21. The number of thiazole rings is 1. The number of amides is 1. The standard InChI is InChI=1S/C20H14ClN3O3S.H2O/c21-14-7-3-2-6-13(14)15-11-28-20(22-15)23-19(27)17-9-12-5-1-4-8-16(12)24(17)10-18(25)26;/h1-9,11H,10H2,(H,25,26)(H,22,23,27);1H2. The summed E-state index contributed by atoms with van der Waals surface area (Å²) < 4.78 is 1.48. The van der Waals surface area contributed by atoms with E-state index in [0.717, 1.165) is 10.9 Å². The Morgan fingerprint density at radius 3 is 2.62 bits per heavy atom. The molecule has 29 heavy (non-hydrogen) atoms. The summed E-state index contributed by atoms with van der Waals surface area (Å²) in [5, 5.41) is 15.6. The van der Waals surface area contributed by atoms with Gasteiger partial charge in [-0.1, -0.05) is 48.0 Å². The molecule has 0 unspecified atom stereocenters. The van der Waals surface area contributed by atoms with Crippen molar-refractivity contribution in [3.63, 3.8) is 0 Å². The fraction of sp³-hybridized carbons (Fsp3) is 0.0500. The van der Waals surface area contributed by atoms with E-state index in [1.807, 2.05) is 35.7 Å². The molecule has 9 heteroatoms. The van der Waals surface area contributed by atoms with Crippen LogP contribution in [0.4, 0.5) is 5.13 Å². The van der Waals surface area contributed by atoms with Gasteiger partial charge in [-0.3, -0.25) is 14.9 Å². The number of hydrogen-bond acceptors (Lipinski definition) is 4. The van der Waals surface area contributed by atoms with Gasteiger partial charge in [0, 0.05) is 26.9 Å². The number of benzene rings is 2. The van der Waals surface area contributed by atoms with Gasteiger partial charge in [-0.2, -0.15) is 0 Å². The van der Waals surface area contributed by atoms with Crippen LogP contribution in [0.2, 0.25) is 5.02 Å². The molecule has 7 nitrogen and oxygen atoms in total. The minimum Gasteiger partial charge on any atom is -0.480 e. The van der Waals surface area contributed by atoms with Gasteiger partial charge in [0.2, 0.25) is 0 Å². The van der Waals surface area contributed by atoms with Gasteiger partial charge in [-0.15, -0.1) is 11.3 Å². The molecular weight excluding hydrogens is 414 g/mol. The van der Waals surface area contributed by atoms with Crippen molar-refractivity contribution in [2.75, 3.05) is 5.32 Å². The van der Waals surface area contributed by atoms with Crippen molar-refractivity contribution >= 4 is 50.8 Å². The molecule has 0 atom stereocenters. The largest absolute Gasteiger partial charge is 0.480 e. The van der Waals surface area contributed by atoms with Crippen LogP contribution in [-0.2, 0) is 11.3 Å². The topological polar surface area (TPSA) is 116 Å². The maximum absolute atomic E-state index is 12.8. The van der Waals surface area contributed by atoms with E-state index in [-0.39, 0.29) is 17.7 Å². The lowest BCUT2D eigenvalue weighted by molar-refractivity contribution is -0.137. The lowest BCUT2D eigenvalue weighted by Gasteiger charge is -2.07. The lowest BCUT2D eigenvalue weighted by Crippen LogP contribution is -2.19. The maximum atomic E-state index is 12.8. The van der Waals surface area contributed by atoms with Crippen molar-refractivity contribution in [1.29, 1.82) is 0 Å². The average Bonchev–Trinajstić information content (AvgIpc) is 3.27. The highest BCUT2D eigenvalue weighted by atomic mass is 35.5. The van der Waals surface area contributed by atoms with Crippen LogP contribution in [0.25, 0.3) is 22.2 Å². The number of carbonyl (C=O) groups excluding carboxylic acids is 1. The van der Waals surface area contributed by atoms with E-state index in [1.165, 1.54) is 15.9 Å². The summed E-state index contributed by atoms with van der Waals surface area (Å²) in [6.07, 6.45) is 0. The zero-order valence-electron chi connectivity index (χ0n) is 14.9. The van der Waals surface area contributed by atoms with Crippen LogP contribution < -0.4 is 5.32 Å². The van der Waals surface area contributed by atoms with Gasteiger partial charge in [-0.05, 0) is 18.2 Å². The van der Waals surface area contributed by atoms with Crippen LogP contribution in [0.5, 0.6) is 0 Å². The minimum atomic E-state index is -1.02. The fourth-order valence-electron chi connectivity index (χ4n) is 2.99. The van der Waals surface area contributed by atoms with Crippen molar-refractivity contribution < 1.29 is 20.2 Å². The van der Waals surface area contributed by atoms with E-state index in [2.05, 4.69) is 10.3 Å². The fourth-order valence-corrected chi connectivity index (χ4v) is 3.93. The van der Waals surface area contributed by atoms with Gasteiger partial charge in [0.15, 0.2) is 5.13 Å². The highest BCUT2D eigenvalue weighted by Gasteiger charge is 2.19. The maximum Gasteiger partial charge on any atom is 0.323 e. The number of anilines is 1. The molecule has 0 bridgehead atoms. The summed E-state index contributed by atoms with van der Waals surface area (Å²) in [7, 11) is 0. The molecule has 0 aliphatic rings. The Labute approximate surface area is 174 Å². The smallest absolute Gasteiger partial charge is 0.323 e. The first-order valence-electron chi connectivity index (χ1n) is 8.35. The number of hydrogen-bond donors (Lipinski definition) is 2. The molecule has 0 spiro atoms. The molecule has 4 N–H and O–H groups in total. The molecule has 0 fully saturated rings. The highest BCUT2D eigenvalue weighted by Crippen LogP contribution is 2.30. The number of fused-ring (bicyclic) bond motifs is 1. The summed E-state index contributed by atoms with van der Waals surface area (Å²) in [6, 6.07) is 16.3. The summed E-state index contributed by atoms with van der Waals surface area (Å²) in [4.78, 5) is 28.5. The second kappa shape index (κ2) is 8.44. The van der Waals surface area contributed by atoms with Crippen molar-refractivity contribution in [3.05, 3.63) is 70.7 Å². The van der Waals surface area contributed by atoms with Crippen LogP contribution in [0.3, 0.4) is 0 Å². The Balaban J connectivity index is 0.00000240. The summed E-state index contributed by atoms with van der Waals surface area (Å²) in [5.41, 5.74) is 2.39. The van der Waals surface area contributed by atoms with Crippen molar-refractivity contribution in [2.24, 2.45) is 0 Å². The first-order valence-corrected chi connectivity index (χ1v) is 9.60. The predicted octanol–water partition coefficient (Wildman–Crippen LogP) is 3.93. The van der Waals surface area contributed by atoms with Crippen LogP contribution in [0.15, 0.2) is 60.0 Å². The Kier molecular flexibility index (Phi) is 5.97. The third-order valence-corrected chi connectivity index (χ3v) is 5.30. The molecular formula is C20H16ClN3O4S. The van der Waals surface area contributed by atoms with Crippen molar-refractivity contribution in [2.45, 2.75) is 6.54 Å². The molecule has 2 heterocycles. The molecule has 148 valence electrons. The first kappa shape index (κ1) is 20.5. The minimum absolute atomic E-state index is 0. The predicted molar refractivity (Wildman–Crippen MR) is 114 cm³/mol. The molecule has 4 rings (SSSR count). The molecule has 0 saturated heterocycles. The summed E-state index contributed by atoms with van der Waals surface area (Å²) >= 11 is 7.48. The number of aromatic nitrogens is 2. The van der Waals surface area contributed by atoms with Crippen molar-refractivity contribution in [1.82, 2.24) is 9.55 Å². The van der Waals surface area contributed by atoms with Crippen LogP contribution >= 0.6 is 22.9 Å². The monoisotopic (exact) mass is 429 g/mol. The number of halogens is 1. The molecule has 0 aliphatic carbocycles. The Hall–Kier alpha value is -3.20. The van der Waals surface area contributed by atoms with E-state index >= 15 is 0 Å². The van der Waals surface area contributed by atoms with E-state index in [1.54, 1.807) is 24.3 Å². The molecule has 0 saturated carbocycles. The van der Waals surface area contributed by atoms with Crippen LogP contribution in [0, 0.1) is 0 Å².